The maximum atomic E-state index is 12.5. The molecule has 1 N–H and O–H groups in total. The number of carbonyl (C=O) groups is 1. The van der Waals surface area contributed by atoms with E-state index < -0.39 is 17.7 Å². The van der Waals surface area contributed by atoms with Gasteiger partial charge in [0, 0.05) is 6.04 Å². The SMILES string of the molecule is CC(C)(C(=O)NC1CC=CCC1)C(F)F. The number of hydrogen-bond acceptors (Lipinski definition) is 1. The average molecular weight is 217 g/mol. The zero-order valence-electron chi connectivity index (χ0n) is 9.09. The molecule has 15 heavy (non-hydrogen) atoms. The lowest BCUT2D eigenvalue weighted by Crippen LogP contribution is -2.46. The molecule has 0 aromatic carbocycles. The van der Waals surface area contributed by atoms with Crippen molar-refractivity contribution in [3.8, 4) is 0 Å². The molecule has 0 saturated carbocycles. The Kier molecular flexibility index (Phi) is 3.83. The maximum Gasteiger partial charge on any atom is 0.252 e. The molecule has 1 rings (SSSR count). The fourth-order valence-corrected chi connectivity index (χ4v) is 1.40. The molecule has 0 bridgehead atoms. The molecule has 1 aliphatic carbocycles. The molecule has 0 spiro atoms. The molecule has 2 nitrogen and oxygen atoms in total. The summed E-state index contributed by atoms with van der Waals surface area (Å²) in [5, 5.41) is 2.67. The molecule has 1 unspecified atom stereocenters. The molecular formula is C11H17F2NO. The Labute approximate surface area is 88.7 Å². The summed E-state index contributed by atoms with van der Waals surface area (Å²) in [4.78, 5) is 11.6. The van der Waals surface area contributed by atoms with Crippen molar-refractivity contribution in [2.24, 2.45) is 5.41 Å². The lowest BCUT2D eigenvalue weighted by molar-refractivity contribution is -0.138. The fraction of sp³-hybridized carbons (Fsp3) is 0.727. The van der Waals surface area contributed by atoms with Crippen LogP contribution in [0.5, 0.6) is 0 Å². The first kappa shape index (κ1) is 12.1. The molecule has 0 radical (unpaired) electrons. The van der Waals surface area contributed by atoms with E-state index in [-0.39, 0.29) is 6.04 Å². The summed E-state index contributed by atoms with van der Waals surface area (Å²) in [5.74, 6) is -0.558. The van der Waals surface area contributed by atoms with Crippen LogP contribution in [0.1, 0.15) is 33.1 Å². The van der Waals surface area contributed by atoms with Crippen molar-refractivity contribution in [3.05, 3.63) is 12.2 Å². The van der Waals surface area contributed by atoms with E-state index >= 15 is 0 Å². The van der Waals surface area contributed by atoms with Crippen LogP contribution in [0.3, 0.4) is 0 Å². The van der Waals surface area contributed by atoms with Crippen LogP contribution in [0.25, 0.3) is 0 Å². The van der Waals surface area contributed by atoms with Crippen LogP contribution >= 0.6 is 0 Å². The van der Waals surface area contributed by atoms with Gasteiger partial charge in [-0.25, -0.2) is 8.78 Å². The van der Waals surface area contributed by atoms with E-state index in [4.69, 9.17) is 0 Å². The highest BCUT2D eigenvalue weighted by atomic mass is 19.3. The Balaban J connectivity index is 2.51. The highest BCUT2D eigenvalue weighted by Crippen LogP contribution is 2.25. The van der Waals surface area contributed by atoms with E-state index in [1.54, 1.807) is 0 Å². The van der Waals surface area contributed by atoms with Gasteiger partial charge in [0.05, 0.1) is 0 Å². The smallest absolute Gasteiger partial charge is 0.252 e. The number of halogens is 2. The van der Waals surface area contributed by atoms with E-state index in [1.165, 1.54) is 13.8 Å². The minimum Gasteiger partial charge on any atom is -0.352 e. The van der Waals surface area contributed by atoms with Gasteiger partial charge < -0.3 is 5.32 Å². The van der Waals surface area contributed by atoms with Crippen LogP contribution in [0, 0.1) is 5.41 Å². The first-order valence-corrected chi connectivity index (χ1v) is 5.18. The van der Waals surface area contributed by atoms with Crippen molar-refractivity contribution < 1.29 is 13.6 Å². The monoisotopic (exact) mass is 217 g/mol. The van der Waals surface area contributed by atoms with Gasteiger partial charge in [0.25, 0.3) is 6.43 Å². The van der Waals surface area contributed by atoms with Crippen LogP contribution < -0.4 is 5.32 Å². The number of amides is 1. The van der Waals surface area contributed by atoms with Crippen LogP contribution in [0.4, 0.5) is 8.78 Å². The quantitative estimate of drug-likeness (QED) is 0.723. The largest absolute Gasteiger partial charge is 0.352 e. The Morgan fingerprint density at radius 2 is 2.13 bits per heavy atom. The molecule has 0 saturated heterocycles. The molecule has 0 aliphatic heterocycles. The summed E-state index contributed by atoms with van der Waals surface area (Å²) in [7, 11) is 0. The minimum absolute atomic E-state index is 0.0144. The van der Waals surface area contributed by atoms with Gasteiger partial charge in [-0.15, -0.1) is 0 Å². The van der Waals surface area contributed by atoms with Gasteiger partial charge in [-0.1, -0.05) is 12.2 Å². The second kappa shape index (κ2) is 4.73. The summed E-state index contributed by atoms with van der Waals surface area (Å²) in [6.07, 6.45) is 3.87. The standard InChI is InChI=1S/C11H17F2NO/c1-11(2,9(12)13)10(15)14-8-6-4-3-5-7-8/h3-4,8-9H,5-7H2,1-2H3,(H,14,15). The van der Waals surface area contributed by atoms with Crippen molar-refractivity contribution in [2.75, 3.05) is 0 Å². The molecule has 1 amide bonds. The van der Waals surface area contributed by atoms with E-state index in [0.717, 1.165) is 19.3 Å². The van der Waals surface area contributed by atoms with Gasteiger partial charge >= 0.3 is 0 Å². The minimum atomic E-state index is -2.63. The molecule has 4 heteroatoms. The molecule has 1 aliphatic rings. The van der Waals surface area contributed by atoms with E-state index in [1.807, 2.05) is 12.2 Å². The number of nitrogens with one attached hydrogen (secondary N) is 1. The first-order chi connectivity index (χ1) is 6.94. The molecular weight excluding hydrogens is 200 g/mol. The zero-order chi connectivity index (χ0) is 11.5. The van der Waals surface area contributed by atoms with Gasteiger partial charge in [-0.3, -0.25) is 4.79 Å². The zero-order valence-corrected chi connectivity index (χ0v) is 9.09. The van der Waals surface area contributed by atoms with Crippen molar-refractivity contribution in [2.45, 2.75) is 45.6 Å². The number of hydrogen-bond donors (Lipinski definition) is 1. The van der Waals surface area contributed by atoms with E-state index in [9.17, 15) is 13.6 Å². The van der Waals surface area contributed by atoms with Crippen molar-refractivity contribution >= 4 is 5.91 Å². The van der Waals surface area contributed by atoms with Crippen LogP contribution in [0.2, 0.25) is 0 Å². The number of rotatable bonds is 3. The lowest BCUT2D eigenvalue weighted by Gasteiger charge is -2.27. The third-order valence-corrected chi connectivity index (χ3v) is 2.74. The normalized spacial score (nSPS) is 21.8. The molecule has 86 valence electrons. The third-order valence-electron chi connectivity index (χ3n) is 2.74. The van der Waals surface area contributed by atoms with Gasteiger partial charge in [0.1, 0.15) is 5.41 Å². The summed E-state index contributed by atoms with van der Waals surface area (Å²) in [6.45, 7) is 2.54. The van der Waals surface area contributed by atoms with Crippen LogP contribution in [0.15, 0.2) is 12.2 Å². The van der Waals surface area contributed by atoms with Crippen molar-refractivity contribution in [1.29, 1.82) is 0 Å². The molecule has 0 aromatic heterocycles. The Bertz CT molecular complexity index is 261. The highest BCUT2D eigenvalue weighted by Gasteiger charge is 2.38. The number of carbonyl (C=O) groups excluding carboxylic acids is 1. The van der Waals surface area contributed by atoms with E-state index in [2.05, 4.69) is 5.32 Å². The topological polar surface area (TPSA) is 29.1 Å². The second-order valence-electron chi connectivity index (χ2n) is 4.48. The molecule has 0 fully saturated rings. The molecule has 0 heterocycles. The highest BCUT2D eigenvalue weighted by molar-refractivity contribution is 5.82. The first-order valence-electron chi connectivity index (χ1n) is 5.18. The number of alkyl halides is 2. The Morgan fingerprint density at radius 1 is 1.47 bits per heavy atom. The molecule has 0 aromatic rings. The summed E-state index contributed by atoms with van der Waals surface area (Å²) < 4.78 is 25.1. The predicted octanol–water partition coefficient (Wildman–Crippen LogP) is 2.50. The van der Waals surface area contributed by atoms with Crippen LogP contribution in [-0.4, -0.2) is 18.4 Å². The predicted molar refractivity (Wildman–Crippen MR) is 54.7 cm³/mol. The summed E-state index contributed by atoms with van der Waals surface area (Å²) in [6, 6.07) is 0.0144. The van der Waals surface area contributed by atoms with Gasteiger partial charge in [0.15, 0.2) is 0 Å². The summed E-state index contributed by atoms with van der Waals surface area (Å²) >= 11 is 0. The lowest BCUT2D eigenvalue weighted by atomic mass is 9.91. The maximum absolute atomic E-state index is 12.5. The van der Waals surface area contributed by atoms with Gasteiger partial charge in [0.2, 0.25) is 5.91 Å². The van der Waals surface area contributed by atoms with E-state index in [0.29, 0.717) is 0 Å². The third kappa shape index (κ3) is 3.01. The van der Waals surface area contributed by atoms with Crippen molar-refractivity contribution in [3.63, 3.8) is 0 Å². The fourth-order valence-electron chi connectivity index (χ4n) is 1.40. The molecule has 1 atom stereocenters. The number of allylic oxidation sites excluding steroid dienone is 1. The Hall–Kier alpha value is -0.930. The van der Waals surface area contributed by atoms with Gasteiger partial charge in [-0.2, -0.15) is 0 Å². The average Bonchev–Trinajstić information content (AvgIpc) is 2.18. The summed E-state index contributed by atoms with van der Waals surface area (Å²) in [5.41, 5.74) is -1.60. The van der Waals surface area contributed by atoms with Gasteiger partial charge in [-0.05, 0) is 33.1 Å². The Morgan fingerprint density at radius 3 is 2.60 bits per heavy atom. The second-order valence-corrected chi connectivity index (χ2v) is 4.48. The van der Waals surface area contributed by atoms with Crippen molar-refractivity contribution in [1.82, 2.24) is 5.32 Å². The van der Waals surface area contributed by atoms with Crippen LogP contribution in [-0.2, 0) is 4.79 Å².